The molecule has 0 saturated heterocycles. The molecule has 0 aliphatic rings. The van der Waals surface area contributed by atoms with Gasteiger partial charge in [0.1, 0.15) is 17.5 Å². The molecule has 3 aromatic rings. The van der Waals surface area contributed by atoms with Crippen LogP contribution in [0.25, 0.3) is 0 Å². The number of nitrogen functional groups attached to an aromatic ring is 1. The first-order chi connectivity index (χ1) is 12.6. The zero-order chi connectivity index (χ0) is 18.5. The van der Waals surface area contributed by atoms with E-state index in [0.29, 0.717) is 27.9 Å². The van der Waals surface area contributed by atoms with Crippen molar-refractivity contribution in [1.82, 2.24) is 9.97 Å². The molecule has 130 valence electrons. The van der Waals surface area contributed by atoms with Crippen LogP contribution in [0.3, 0.4) is 0 Å². The van der Waals surface area contributed by atoms with Gasteiger partial charge in [0.2, 0.25) is 0 Å². The van der Waals surface area contributed by atoms with Crippen LogP contribution in [0.2, 0.25) is 5.02 Å². The lowest BCUT2D eigenvalue weighted by Gasteiger charge is -2.10. The minimum absolute atomic E-state index is 0.205. The number of nitrogens with zero attached hydrogens (tertiary/aromatic N) is 3. The highest BCUT2D eigenvalue weighted by atomic mass is 35.5. The molecule has 2 N–H and O–H groups in total. The molecule has 0 fully saturated rings. The highest BCUT2D eigenvalue weighted by molar-refractivity contribution is 7.98. The smallest absolute Gasteiger partial charge is 0.190 e. The fourth-order valence-corrected chi connectivity index (χ4v) is 3.60. The summed E-state index contributed by atoms with van der Waals surface area (Å²) in [5.74, 6) is 0.940. The Morgan fingerprint density at radius 1 is 1.15 bits per heavy atom. The van der Waals surface area contributed by atoms with Crippen molar-refractivity contribution in [3.05, 3.63) is 81.5 Å². The summed E-state index contributed by atoms with van der Waals surface area (Å²) in [4.78, 5) is 8.85. The van der Waals surface area contributed by atoms with Gasteiger partial charge in [0.15, 0.2) is 5.16 Å². The second-order valence-corrected chi connectivity index (χ2v) is 7.22. The highest BCUT2D eigenvalue weighted by Crippen LogP contribution is 2.26. The molecule has 4 nitrogen and oxygen atoms in total. The van der Waals surface area contributed by atoms with Crippen molar-refractivity contribution in [3.63, 3.8) is 0 Å². The number of anilines is 1. The summed E-state index contributed by atoms with van der Waals surface area (Å²) in [6.45, 7) is 2.06. The molecular formula is C20H17ClN4S. The van der Waals surface area contributed by atoms with Crippen molar-refractivity contribution in [3.8, 4) is 6.07 Å². The summed E-state index contributed by atoms with van der Waals surface area (Å²) in [6, 6.07) is 17.9. The number of benzene rings is 2. The molecule has 6 heteroatoms. The number of aryl methyl sites for hydroxylation is 1. The van der Waals surface area contributed by atoms with E-state index in [1.165, 1.54) is 22.9 Å². The molecule has 1 heterocycles. The molecule has 0 amide bonds. The third-order valence-corrected chi connectivity index (χ3v) is 5.16. The van der Waals surface area contributed by atoms with Gasteiger partial charge in [-0.3, -0.25) is 0 Å². The number of nitriles is 1. The molecule has 3 rings (SSSR count). The van der Waals surface area contributed by atoms with E-state index in [1.807, 2.05) is 30.3 Å². The van der Waals surface area contributed by atoms with Crippen LogP contribution in [0.4, 0.5) is 5.82 Å². The molecule has 0 aliphatic heterocycles. The lowest BCUT2D eigenvalue weighted by Crippen LogP contribution is -2.06. The van der Waals surface area contributed by atoms with Crippen LogP contribution in [0.1, 0.15) is 27.9 Å². The van der Waals surface area contributed by atoms with E-state index >= 15 is 0 Å². The number of halogens is 1. The summed E-state index contributed by atoms with van der Waals surface area (Å²) in [5.41, 5.74) is 10.2. The van der Waals surface area contributed by atoms with E-state index in [-0.39, 0.29) is 5.82 Å². The normalized spacial score (nSPS) is 10.5. The number of rotatable bonds is 5. The zero-order valence-electron chi connectivity index (χ0n) is 14.2. The summed E-state index contributed by atoms with van der Waals surface area (Å²) in [7, 11) is 0. The van der Waals surface area contributed by atoms with Crippen LogP contribution in [0.5, 0.6) is 0 Å². The monoisotopic (exact) mass is 380 g/mol. The Bertz CT molecular complexity index is 982. The van der Waals surface area contributed by atoms with Crippen LogP contribution in [0, 0.1) is 18.3 Å². The topological polar surface area (TPSA) is 75.6 Å². The van der Waals surface area contributed by atoms with Crippen molar-refractivity contribution < 1.29 is 0 Å². The maximum absolute atomic E-state index is 9.43. The van der Waals surface area contributed by atoms with E-state index in [2.05, 4.69) is 41.2 Å². The van der Waals surface area contributed by atoms with Crippen molar-refractivity contribution in [2.24, 2.45) is 0 Å². The van der Waals surface area contributed by atoms with Gasteiger partial charge >= 0.3 is 0 Å². The van der Waals surface area contributed by atoms with Gasteiger partial charge < -0.3 is 5.73 Å². The molecule has 0 radical (unpaired) electrons. The van der Waals surface area contributed by atoms with Crippen LogP contribution in [-0.4, -0.2) is 9.97 Å². The summed E-state index contributed by atoms with van der Waals surface area (Å²) >= 11 is 7.74. The largest absolute Gasteiger partial charge is 0.382 e. The van der Waals surface area contributed by atoms with E-state index in [1.54, 1.807) is 0 Å². The third kappa shape index (κ3) is 4.34. The Morgan fingerprint density at radius 3 is 2.69 bits per heavy atom. The molecule has 1 aromatic heterocycles. The first kappa shape index (κ1) is 18.2. The number of nitrogens with two attached hydrogens (primary N) is 1. The lowest BCUT2D eigenvalue weighted by molar-refractivity contribution is 0.902. The molecule has 0 spiro atoms. The standard InChI is InChI=1S/C20H17ClN4S/c1-13-5-4-6-14(9-13)12-26-20-24-18(16(11-22)19(23)25-20)10-15-7-2-3-8-17(15)21/h2-9H,10,12H2,1H3,(H2,23,24,25). The molecule has 26 heavy (non-hydrogen) atoms. The van der Waals surface area contributed by atoms with Gasteiger partial charge in [0, 0.05) is 17.2 Å². The van der Waals surface area contributed by atoms with Gasteiger partial charge in [0.05, 0.1) is 5.69 Å². The molecule has 0 saturated carbocycles. The SMILES string of the molecule is Cc1cccc(CSc2nc(N)c(C#N)c(Cc3ccccc3Cl)n2)c1. The molecule has 0 aliphatic carbocycles. The predicted octanol–water partition coefficient (Wildman–Crippen LogP) is 4.78. The van der Waals surface area contributed by atoms with Crippen LogP contribution in [0.15, 0.2) is 53.7 Å². The minimum Gasteiger partial charge on any atom is -0.382 e. The number of hydrogen-bond donors (Lipinski definition) is 1. The quantitative estimate of drug-likeness (QED) is 0.509. The van der Waals surface area contributed by atoms with Crippen LogP contribution >= 0.6 is 23.4 Å². The number of thioether (sulfide) groups is 1. The Morgan fingerprint density at radius 2 is 1.96 bits per heavy atom. The summed E-state index contributed by atoms with van der Waals surface area (Å²) in [5, 5.41) is 10.6. The van der Waals surface area contributed by atoms with Gasteiger partial charge in [-0.25, -0.2) is 9.97 Å². The number of hydrogen-bond acceptors (Lipinski definition) is 5. The van der Waals surface area contributed by atoms with Gasteiger partial charge in [0.25, 0.3) is 0 Å². The van der Waals surface area contributed by atoms with Crippen molar-refractivity contribution in [1.29, 1.82) is 5.26 Å². The summed E-state index contributed by atoms with van der Waals surface area (Å²) in [6.07, 6.45) is 0.438. The average molecular weight is 381 g/mol. The Kier molecular flexibility index (Phi) is 5.77. The molecule has 2 aromatic carbocycles. The maximum Gasteiger partial charge on any atom is 0.190 e. The van der Waals surface area contributed by atoms with E-state index in [9.17, 15) is 5.26 Å². The lowest BCUT2D eigenvalue weighted by atomic mass is 10.1. The highest BCUT2D eigenvalue weighted by Gasteiger charge is 2.14. The fraction of sp³-hybridized carbons (Fsp3) is 0.150. The van der Waals surface area contributed by atoms with Crippen molar-refractivity contribution in [2.75, 3.05) is 5.73 Å². The van der Waals surface area contributed by atoms with Gasteiger partial charge in [-0.2, -0.15) is 5.26 Å². The van der Waals surface area contributed by atoms with E-state index in [4.69, 9.17) is 17.3 Å². The number of aromatic nitrogens is 2. The van der Waals surface area contributed by atoms with E-state index < -0.39 is 0 Å². The minimum atomic E-state index is 0.205. The van der Waals surface area contributed by atoms with Gasteiger partial charge in [-0.05, 0) is 24.1 Å². The zero-order valence-corrected chi connectivity index (χ0v) is 15.8. The molecule has 0 unspecified atom stereocenters. The van der Waals surface area contributed by atoms with E-state index in [0.717, 1.165) is 11.3 Å². The van der Waals surface area contributed by atoms with Gasteiger partial charge in [-0.15, -0.1) is 0 Å². The van der Waals surface area contributed by atoms with Crippen molar-refractivity contribution in [2.45, 2.75) is 24.3 Å². The van der Waals surface area contributed by atoms with Crippen molar-refractivity contribution >= 4 is 29.2 Å². The maximum atomic E-state index is 9.43. The average Bonchev–Trinajstić information content (AvgIpc) is 2.62. The summed E-state index contributed by atoms with van der Waals surface area (Å²) < 4.78 is 0. The third-order valence-electron chi connectivity index (χ3n) is 3.87. The Hall–Kier alpha value is -2.55. The Labute approximate surface area is 162 Å². The second kappa shape index (κ2) is 8.22. The predicted molar refractivity (Wildman–Crippen MR) is 106 cm³/mol. The van der Waals surface area contributed by atoms with Crippen LogP contribution < -0.4 is 5.73 Å². The Balaban J connectivity index is 1.87. The molecule has 0 atom stereocenters. The van der Waals surface area contributed by atoms with Gasteiger partial charge in [-0.1, -0.05) is 71.4 Å². The van der Waals surface area contributed by atoms with Crippen LogP contribution in [-0.2, 0) is 12.2 Å². The molecular weight excluding hydrogens is 364 g/mol. The first-order valence-corrected chi connectivity index (χ1v) is 9.41. The fourth-order valence-electron chi connectivity index (χ4n) is 2.59. The second-order valence-electron chi connectivity index (χ2n) is 5.87. The first-order valence-electron chi connectivity index (χ1n) is 8.05. The molecule has 0 bridgehead atoms.